The Bertz CT molecular complexity index is 921. The summed E-state index contributed by atoms with van der Waals surface area (Å²) in [4.78, 5) is 25.6. The number of esters is 1. The molecule has 1 N–H and O–H groups in total. The van der Waals surface area contributed by atoms with Crippen LogP contribution in [0.5, 0.6) is 5.75 Å². The first-order valence-corrected chi connectivity index (χ1v) is 10.4. The maximum Gasteiger partial charge on any atom is 0.341 e. The lowest BCUT2D eigenvalue weighted by Crippen LogP contribution is -2.38. The lowest BCUT2D eigenvalue weighted by atomic mass is 9.77. The predicted molar refractivity (Wildman–Crippen MR) is 113 cm³/mol. The van der Waals surface area contributed by atoms with Crippen molar-refractivity contribution in [2.24, 2.45) is 0 Å². The number of ether oxygens (including phenoxy) is 2. The zero-order valence-corrected chi connectivity index (χ0v) is 17.7. The smallest absolute Gasteiger partial charge is 0.341 e. The molecule has 1 amide bonds. The molecule has 1 aliphatic rings. The molecule has 160 valence electrons. The van der Waals surface area contributed by atoms with Crippen molar-refractivity contribution in [2.75, 3.05) is 12.4 Å². The maximum absolute atomic E-state index is 14.6. The summed E-state index contributed by atoms with van der Waals surface area (Å²) in [6.07, 6.45) is 3.59. The summed E-state index contributed by atoms with van der Waals surface area (Å²) in [6, 6.07) is 11.3. The Balaban J connectivity index is 1.92. The molecule has 1 fully saturated rings. The fraction of sp³-hybridized carbons (Fsp3) is 0.417. The van der Waals surface area contributed by atoms with Crippen molar-refractivity contribution >= 4 is 17.6 Å². The van der Waals surface area contributed by atoms with Crippen LogP contribution in [0, 0.1) is 5.82 Å². The van der Waals surface area contributed by atoms with Gasteiger partial charge in [0.15, 0.2) is 0 Å². The van der Waals surface area contributed by atoms with Gasteiger partial charge >= 0.3 is 5.97 Å². The first-order valence-electron chi connectivity index (χ1n) is 10.4. The highest BCUT2D eigenvalue weighted by atomic mass is 19.1. The van der Waals surface area contributed by atoms with Gasteiger partial charge in [-0.2, -0.15) is 0 Å². The van der Waals surface area contributed by atoms with E-state index in [-0.39, 0.29) is 23.4 Å². The quantitative estimate of drug-likeness (QED) is 0.631. The number of carbonyl (C=O) groups is 2. The minimum absolute atomic E-state index is 0.0725. The monoisotopic (exact) mass is 413 g/mol. The van der Waals surface area contributed by atoms with Crippen LogP contribution in [0.15, 0.2) is 42.5 Å². The number of nitrogens with one attached hydrogen (secondary N) is 1. The number of benzene rings is 2. The van der Waals surface area contributed by atoms with Gasteiger partial charge < -0.3 is 14.8 Å². The topological polar surface area (TPSA) is 64.6 Å². The number of hydrogen-bond acceptors (Lipinski definition) is 4. The molecule has 2 aromatic rings. The molecule has 0 spiro atoms. The van der Waals surface area contributed by atoms with Crippen molar-refractivity contribution in [3.63, 3.8) is 0 Å². The number of hydrogen-bond donors (Lipinski definition) is 1. The third-order valence-electron chi connectivity index (χ3n) is 5.83. The summed E-state index contributed by atoms with van der Waals surface area (Å²) in [6.45, 7) is 3.90. The van der Waals surface area contributed by atoms with Gasteiger partial charge in [-0.05, 0) is 50.5 Å². The van der Waals surface area contributed by atoms with Crippen LogP contribution >= 0.6 is 0 Å². The SMILES string of the molecule is CC[C@H](C)Oc1ccc(NC(=O)C2(c3ccccc3F)CCCC2)cc1C(=O)OC. The molecular formula is C24H28FNO4. The van der Waals surface area contributed by atoms with Gasteiger partial charge in [0.2, 0.25) is 5.91 Å². The number of rotatable bonds is 7. The number of anilines is 1. The van der Waals surface area contributed by atoms with E-state index in [9.17, 15) is 14.0 Å². The second-order valence-electron chi connectivity index (χ2n) is 7.76. The number of methoxy groups -OCH3 is 1. The van der Waals surface area contributed by atoms with E-state index in [0.29, 0.717) is 29.8 Å². The van der Waals surface area contributed by atoms with Crippen LogP contribution < -0.4 is 10.1 Å². The van der Waals surface area contributed by atoms with E-state index in [0.717, 1.165) is 19.3 Å². The molecule has 0 unspecified atom stereocenters. The van der Waals surface area contributed by atoms with Crippen LogP contribution in [0.1, 0.15) is 61.9 Å². The summed E-state index contributed by atoms with van der Waals surface area (Å²) < 4.78 is 25.2. The molecule has 2 aromatic carbocycles. The highest BCUT2D eigenvalue weighted by molar-refractivity contribution is 6.01. The summed E-state index contributed by atoms with van der Waals surface area (Å²) >= 11 is 0. The van der Waals surface area contributed by atoms with Crippen molar-refractivity contribution < 1.29 is 23.5 Å². The second-order valence-corrected chi connectivity index (χ2v) is 7.76. The van der Waals surface area contributed by atoms with Crippen LogP contribution in [0.2, 0.25) is 0 Å². The average molecular weight is 413 g/mol. The third kappa shape index (κ3) is 4.32. The largest absolute Gasteiger partial charge is 0.490 e. The van der Waals surface area contributed by atoms with Gasteiger partial charge in [-0.25, -0.2) is 9.18 Å². The van der Waals surface area contributed by atoms with Crippen molar-refractivity contribution in [3.05, 3.63) is 59.4 Å². The Morgan fingerprint density at radius 1 is 1.17 bits per heavy atom. The highest BCUT2D eigenvalue weighted by Gasteiger charge is 2.44. The van der Waals surface area contributed by atoms with Crippen LogP contribution in [0.3, 0.4) is 0 Å². The molecule has 5 nitrogen and oxygen atoms in total. The molecule has 1 atom stereocenters. The van der Waals surface area contributed by atoms with Crippen LogP contribution in [0.4, 0.5) is 10.1 Å². The third-order valence-corrected chi connectivity index (χ3v) is 5.83. The van der Waals surface area contributed by atoms with Gasteiger partial charge in [0, 0.05) is 11.3 Å². The number of halogens is 1. The molecule has 1 aliphatic carbocycles. The van der Waals surface area contributed by atoms with Crippen molar-refractivity contribution in [1.82, 2.24) is 0 Å². The minimum Gasteiger partial charge on any atom is -0.490 e. The van der Waals surface area contributed by atoms with Crippen LogP contribution in [0.25, 0.3) is 0 Å². The zero-order chi connectivity index (χ0) is 21.7. The molecule has 0 saturated heterocycles. The Labute approximate surface area is 176 Å². The fourth-order valence-electron chi connectivity index (χ4n) is 3.98. The van der Waals surface area contributed by atoms with Gasteiger partial charge in [0.05, 0.1) is 18.6 Å². The van der Waals surface area contributed by atoms with Gasteiger partial charge in [0.25, 0.3) is 0 Å². The second kappa shape index (κ2) is 9.28. The molecule has 0 heterocycles. The van der Waals surface area contributed by atoms with E-state index in [1.807, 2.05) is 13.8 Å². The maximum atomic E-state index is 14.6. The zero-order valence-electron chi connectivity index (χ0n) is 17.7. The molecule has 30 heavy (non-hydrogen) atoms. The van der Waals surface area contributed by atoms with Crippen LogP contribution in [-0.2, 0) is 14.9 Å². The van der Waals surface area contributed by atoms with Crippen molar-refractivity contribution in [1.29, 1.82) is 0 Å². The number of carbonyl (C=O) groups excluding carboxylic acids is 2. The lowest BCUT2D eigenvalue weighted by molar-refractivity contribution is -0.121. The first-order chi connectivity index (χ1) is 14.4. The Morgan fingerprint density at radius 3 is 2.50 bits per heavy atom. The number of amides is 1. The Morgan fingerprint density at radius 2 is 1.87 bits per heavy atom. The van der Waals surface area contributed by atoms with E-state index in [1.54, 1.807) is 36.4 Å². The summed E-state index contributed by atoms with van der Waals surface area (Å²) in [7, 11) is 1.30. The molecule has 0 aromatic heterocycles. The van der Waals surface area contributed by atoms with Gasteiger partial charge in [-0.15, -0.1) is 0 Å². The molecule has 0 aliphatic heterocycles. The molecule has 1 saturated carbocycles. The molecule has 6 heteroatoms. The standard InChI is InChI=1S/C24H28FNO4/c1-4-16(2)30-21-12-11-17(15-18(21)22(27)29-3)26-23(28)24(13-7-8-14-24)19-9-5-6-10-20(19)25/h5-6,9-12,15-16H,4,7-8,13-14H2,1-3H3,(H,26,28)/t16-/m0/s1. The molecular weight excluding hydrogens is 385 g/mol. The summed E-state index contributed by atoms with van der Waals surface area (Å²) in [5.74, 6) is -0.786. The average Bonchev–Trinajstić information content (AvgIpc) is 3.25. The van der Waals surface area contributed by atoms with E-state index in [2.05, 4.69) is 5.32 Å². The van der Waals surface area contributed by atoms with E-state index >= 15 is 0 Å². The fourth-order valence-corrected chi connectivity index (χ4v) is 3.98. The Kier molecular flexibility index (Phi) is 6.75. The minimum atomic E-state index is -0.914. The van der Waals surface area contributed by atoms with E-state index < -0.39 is 11.4 Å². The summed E-state index contributed by atoms with van der Waals surface area (Å²) in [5.41, 5.74) is 0.189. The van der Waals surface area contributed by atoms with Crippen molar-refractivity contribution in [3.8, 4) is 5.75 Å². The molecule has 0 radical (unpaired) electrons. The molecule has 3 rings (SSSR count). The Hall–Kier alpha value is -2.89. The van der Waals surface area contributed by atoms with Crippen LogP contribution in [-0.4, -0.2) is 25.1 Å². The van der Waals surface area contributed by atoms with E-state index in [1.165, 1.54) is 13.2 Å². The first kappa shape index (κ1) is 21.8. The predicted octanol–water partition coefficient (Wildman–Crippen LogP) is 5.24. The van der Waals surface area contributed by atoms with Gasteiger partial charge in [0.1, 0.15) is 17.1 Å². The highest BCUT2D eigenvalue weighted by Crippen LogP contribution is 2.43. The normalized spacial score (nSPS) is 16.0. The van der Waals surface area contributed by atoms with Gasteiger partial charge in [-0.3, -0.25) is 4.79 Å². The molecule has 0 bridgehead atoms. The van der Waals surface area contributed by atoms with Gasteiger partial charge in [-0.1, -0.05) is 38.0 Å². The van der Waals surface area contributed by atoms with E-state index in [4.69, 9.17) is 9.47 Å². The lowest BCUT2D eigenvalue weighted by Gasteiger charge is -2.29. The summed E-state index contributed by atoms with van der Waals surface area (Å²) in [5, 5.41) is 2.90. The van der Waals surface area contributed by atoms with Crippen molar-refractivity contribution in [2.45, 2.75) is 57.5 Å².